The Balaban J connectivity index is 1.80. The number of carbonyl (C=O) groups excluding carboxylic acids is 1. The van der Waals surface area contributed by atoms with Gasteiger partial charge in [-0.1, -0.05) is 6.07 Å². The molecule has 0 N–H and O–H groups in total. The number of hydrogen-bond acceptors (Lipinski definition) is 5. The molecule has 6 heteroatoms. The third-order valence-electron chi connectivity index (χ3n) is 3.21. The van der Waals surface area contributed by atoms with Crippen molar-refractivity contribution in [2.45, 2.75) is 6.61 Å². The highest BCUT2D eigenvalue weighted by Crippen LogP contribution is 2.36. The summed E-state index contributed by atoms with van der Waals surface area (Å²) >= 11 is 2.12. The van der Waals surface area contributed by atoms with Gasteiger partial charge in [0.15, 0.2) is 23.0 Å². The molecule has 0 fully saturated rings. The van der Waals surface area contributed by atoms with E-state index >= 15 is 0 Å². The van der Waals surface area contributed by atoms with Crippen molar-refractivity contribution >= 4 is 28.9 Å². The first-order valence-electron chi connectivity index (χ1n) is 6.55. The summed E-state index contributed by atoms with van der Waals surface area (Å²) < 4.78 is 22.6. The molecular weight excluding hydrogens is 399 g/mol. The Morgan fingerprint density at radius 1 is 1.23 bits per heavy atom. The van der Waals surface area contributed by atoms with E-state index in [0.29, 0.717) is 23.7 Å². The van der Waals surface area contributed by atoms with Gasteiger partial charge in [-0.25, -0.2) is 0 Å². The number of methoxy groups -OCH3 is 1. The molecule has 2 aromatic rings. The lowest BCUT2D eigenvalue weighted by molar-refractivity contribution is 0.112. The normalized spacial score (nSPS) is 12.1. The van der Waals surface area contributed by atoms with E-state index in [2.05, 4.69) is 22.6 Å². The Labute approximate surface area is 141 Å². The molecule has 0 bridgehead atoms. The molecule has 1 aliphatic rings. The molecule has 114 valence electrons. The zero-order valence-corrected chi connectivity index (χ0v) is 14.0. The zero-order chi connectivity index (χ0) is 15.5. The summed E-state index contributed by atoms with van der Waals surface area (Å²) in [4.78, 5) is 10.9. The second kappa shape index (κ2) is 6.43. The Kier molecular flexibility index (Phi) is 4.37. The van der Waals surface area contributed by atoms with E-state index in [-0.39, 0.29) is 6.79 Å². The van der Waals surface area contributed by atoms with Crippen LogP contribution in [0.2, 0.25) is 0 Å². The van der Waals surface area contributed by atoms with Crippen molar-refractivity contribution in [2.24, 2.45) is 0 Å². The predicted molar refractivity (Wildman–Crippen MR) is 88.0 cm³/mol. The van der Waals surface area contributed by atoms with Crippen LogP contribution in [0.1, 0.15) is 15.9 Å². The molecule has 1 heterocycles. The minimum absolute atomic E-state index is 0.249. The van der Waals surface area contributed by atoms with Crippen LogP contribution in [0.15, 0.2) is 30.3 Å². The van der Waals surface area contributed by atoms with Crippen LogP contribution in [0.4, 0.5) is 0 Å². The van der Waals surface area contributed by atoms with Crippen LogP contribution < -0.4 is 18.9 Å². The van der Waals surface area contributed by atoms with E-state index in [9.17, 15) is 4.79 Å². The van der Waals surface area contributed by atoms with E-state index in [4.69, 9.17) is 18.9 Å². The highest BCUT2D eigenvalue weighted by Gasteiger charge is 2.15. The summed E-state index contributed by atoms with van der Waals surface area (Å²) in [5.74, 6) is 2.62. The largest absolute Gasteiger partial charge is 0.493 e. The number of rotatable bonds is 5. The van der Waals surface area contributed by atoms with Crippen molar-refractivity contribution in [1.82, 2.24) is 0 Å². The van der Waals surface area contributed by atoms with Gasteiger partial charge >= 0.3 is 0 Å². The maximum Gasteiger partial charge on any atom is 0.231 e. The fraction of sp³-hybridized carbons (Fsp3) is 0.188. The summed E-state index contributed by atoms with van der Waals surface area (Å²) in [6.07, 6.45) is 0.784. The zero-order valence-electron chi connectivity index (χ0n) is 11.8. The van der Waals surface area contributed by atoms with Crippen molar-refractivity contribution in [3.05, 3.63) is 45.0 Å². The summed E-state index contributed by atoms with van der Waals surface area (Å²) in [5, 5.41) is 0. The molecule has 0 saturated carbocycles. The number of benzene rings is 2. The first-order chi connectivity index (χ1) is 10.7. The van der Waals surface area contributed by atoms with Gasteiger partial charge in [-0.05, 0) is 52.4 Å². The van der Waals surface area contributed by atoms with Crippen molar-refractivity contribution in [3.63, 3.8) is 0 Å². The quantitative estimate of drug-likeness (QED) is 0.557. The molecule has 1 aliphatic heterocycles. The van der Waals surface area contributed by atoms with Crippen molar-refractivity contribution in [3.8, 4) is 23.0 Å². The van der Waals surface area contributed by atoms with Gasteiger partial charge in [-0.2, -0.15) is 0 Å². The van der Waals surface area contributed by atoms with Crippen LogP contribution in [-0.4, -0.2) is 20.2 Å². The molecule has 0 atom stereocenters. The van der Waals surface area contributed by atoms with Gasteiger partial charge in [0.05, 0.1) is 10.7 Å². The average Bonchev–Trinajstić information content (AvgIpc) is 3.00. The number of carbonyl (C=O) groups is 1. The van der Waals surface area contributed by atoms with E-state index in [0.717, 1.165) is 26.9 Å². The lowest BCUT2D eigenvalue weighted by atomic mass is 10.2. The first kappa shape index (κ1) is 15.0. The summed E-state index contributed by atoms with van der Waals surface area (Å²) in [7, 11) is 1.55. The molecule has 0 amide bonds. The number of ether oxygens (including phenoxy) is 4. The maximum absolute atomic E-state index is 10.9. The molecule has 0 saturated heterocycles. The second-order valence-corrected chi connectivity index (χ2v) is 5.79. The average molecular weight is 412 g/mol. The first-order valence-corrected chi connectivity index (χ1v) is 7.63. The van der Waals surface area contributed by atoms with E-state index in [1.54, 1.807) is 19.2 Å². The SMILES string of the molecule is COc1cc(C=O)cc(I)c1OCc1ccc2c(c1)OCO2. The molecule has 0 radical (unpaired) electrons. The third-order valence-corrected chi connectivity index (χ3v) is 4.01. The van der Waals surface area contributed by atoms with E-state index < -0.39 is 0 Å². The van der Waals surface area contributed by atoms with Crippen LogP contribution >= 0.6 is 22.6 Å². The van der Waals surface area contributed by atoms with Crippen molar-refractivity contribution < 1.29 is 23.7 Å². The molecule has 2 aromatic carbocycles. The molecule has 5 nitrogen and oxygen atoms in total. The summed E-state index contributed by atoms with van der Waals surface area (Å²) in [6.45, 7) is 0.613. The van der Waals surface area contributed by atoms with Gasteiger partial charge < -0.3 is 18.9 Å². The monoisotopic (exact) mass is 412 g/mol. The lowest BCUT2D eigenvalue weighted by Crippen LogP contribution is -2.00. The molecule has 0 spiro atoms. The smallest absolute Gasteiger partial charge is 0.231 e. The highest BCUT2D eigenvalue weighted by molar-refractivity contribution is 14.1. The Bertz CT molecular complexity index is 714. The van der Waals surface area contributed by atoms with Gasteiger partial charge in [-0.15, -0.1) is 0 Å². The lowest BCUT2D eigenvalue weighted by Gasteiger charge is -2.13. The molecule has 3 rings (SSSR count). The minimum atomic E-state index is 0.249. The standard InChI is InChI=1S/C16H13IO5/c1-19-15-6-11(7-18)4-12(17)16(15)20-8-10-2-3-13-14(5-10)22-9-21-13/h2-7H,8-9H2,1H3. The predicted octanol–water partition coefficient (Wildman–Crippen LogP) is 3.42. The van der Waals surface area contributed by atoms with Gasteiger partial charge in [0.2, 0.25) is 6.79 Å². The molecule has 0 unspecified atom stereocenters. The van der Waals surface area contributed by atoms with E-state index in [1.807, 2.05) is 18.2 Å². The Morgan fingerprint density at radius 2 is 2.05 bits per heavy atom. The second-order valence-electron chi connectivity index (χ2n) is 4.63. The number of aldehydes is 1. The fourth-order valence-electron chi connectivity index (χ4n) is 2.13. The molecule has 22 heavy (non-hydrogen) atoms. The minimum Gasteiger partial charge on any atom is -0.493 e. The van der Waals surface area contributed by atoms with Crippen LogP contribution in [-0.2, 0) is 6.61 Å². The number of halogens is 1. The Morgan fingerprint density at radius 3 is 2.82 bits per heavy atom. The molecule has 0 aliphatic carbocycles. The number of hydrogen-bond donors (Lipinski definition) is 0. The van der Waals surface area contributed by atoms with Gasteiger partial charge in [0.1, 0.15) is 12.9 Å². The van der Waals surface area contributed by atoms with Gasteiger partial charge in [-0.3, -0.25) is 4.79 Å². The fourth-order valence-corrected chi connectivity index (χ4v) is 2.92. The van der Waals surface area contributed by atoms with Gasteiger partial charge in [0.25, 0.3) is 0 Å². The molecular formula is C16H13IO5. The van der Waals surface area contributed by atoms with Crippen LogP contribution in [0.5, 0.6) is 23.0 Å². The van der Waals surface area contributed by atoms with Crippen LogP contribution in [0.25, 0.3) is 0 Å². The summed E-state index contributed by atoms with van der Waals surface area (Å²) in [5.41, 5.74) is 1.51. The third kappa shape index (κ3) is 2.96. The van der Waals surface area contributed by atoms with Gasteiger partial charge in [0, 0.05) is 5.56 Å². The topological polar surface area (TPSA) is 54.0 Å². The number of fused-ring (bicyclic) bond motifs is 1. The Hall–Kier alpha value is -1.96. The molecule has 0 aromatic heterocycles. The highest BCUT2D eigenvalue weighted by atomic mass is 127. The van der Waals surface area contributed by atoms with E-state index in [1.165, 1.54) is 0 Å². The van der Waals surface area contributed by atoms with Crippen molar-refractivity contribution in [2.75, 3.05) is 13.9 Å². The summed E-state index contributed by atoms with van der Waals surface area (Å²) in [6, 6.07) is 9.09. The van der Waals surface area contributed by atoms with Crippen LogP contribution in [0.3, 0.4) is 0 Å². The maximum atomic E-state index is 10.9. The van der Waals surface area contributed by atoms with Crippen molar-refractivity contribution in [1.29, 1.82) is 0 Å². The van der Waals surface area contributed by atoms with Crippen LogP contribution in [0, 0.1) is 3.57 Å².